The summed E-state index contributed by atoms with van der Waals surface area (Å²) in [6, 6.07) is 14.0. The molecule has 252 valence electrons. The molecule has 2 aromatic rings. The number of ether oxygens (including phenoxy) is 2. The normalized spacial score (nSPS) is 24.1. The summed E-state index contributed by atoms with van der Waals surface area (Å²) in [6.07, 6.45) is 7.94. The number of carbonyl (C=O) groups excluding carboxylic acids is 3. The molecule has 0 aliphatic carbocycles. The largest absolute Gasteiger partial charge is 0.497 e. The molecule has 2 bridgehead atoms. The van der Waals surface area contributed by atoms with Crippen molar-refractivity contribution in [3.8, 4) is 11.5 Å². The fourth-order valence-corrected chi connectivity index (χ4v) is 9.79. The molecule has 3 amide bonds. The molecule has 47 heavy (non-hydrogen) atoms. The number of unbranched alkanes of at least 4 members (excludes halogenated alkanes) is 3. The van der Waals surface area contributed by atoms with Crippen molar-refractivity contribution in [3.63, 3.8) is 0 Å². The minimum Gasteiger partial charge on any atom is -0.497 e. The quantitative estimate of drug-likeness (QED) is 0.177. The highest BCUT2D eigenvalue weighted by atomic mass is 32.2. The number of carbonyl (C=O) groups is 3. The van der Waals surface area contributed by atoms with Gasteiger partial charge < -0.3 is 29.3 Å². The SMILES string of the molecule is C=CCN(C(=O)C1N(CCCCCCO)C(=O)[C@@H]2[C@@H](C(=O)N(CC=C)c3ccc(OCC)cc3)[C@H]3CCC12S3)c1ccc(OC)cc1. The van der Waals surface area contributed by atoms with E-state index >= 15 is 0 Å². The lowest BCUT2D eigenvalue weighted by Gasteiger charge is -2.37. The maximum atomic E-state index is 14.8. The zero-order chi connectivity index (χ0) is 33.6. The standard InChI is InChI=1S/C37H47N3O6S/c1-5-22-38(26-14-18-29(19-15-26)46-7-3)34(42)31-30-20-21-37(47-30)32(31)35(43)40(24-10-8-9-11-25-41)33(37)36(44)39(23-6-2)27-12-16-28(45-4)17-13-27/h5-6,12-19,30-33,41H,1-2,7-11,20-25H2,3-4H3/t30-,31+,32+,33?,37?/m1/s1. The Morgan fingerprint density at radius 2 is 1.55 bits per heavy atom. The minimum absolute atomic E-state index is 0.0673. The summed E-state index contributed by atoms with van der Waals surface area (Å²) in [6.45, 7) is 11.4. The van der Waals surface area contributed by atoms with Gasteiger partial charge in [-0.25, -0.2) is 0 Å². The van der Waals surface area contributed by atoms with Gasteiger partial charge in [-0.1, -0.05) is 25.0 Å². The van der Waals surface area contributed by atoms with Gasteiger partial charge in [-0.3, -0.25) is 14.4 Å². The van der Waals surface area contributed by atoms with Crippen LogP contribution >= 0.6 is 11.8 Å². The molecule has 5 atom stereocenters. The maximum Gasteiger partial charge on any atom is 0.251 e. The van der Waals surface area contributed by atoms with Crippen LogP contribution in [-0.2, 0) is 14.4 Å². The van der Waals surface area contributed by atoms with Gasteiger partial charge in [-0.05, 0) is 81.1 Å². The first-order chi connectivity index (χ1) is 22.8. The van der Waals surface area contributed by atoms with Crippen LogP contribution in [0, 0.1) is 11.8 Å². The lowest BCUT2D eigenvalue weighted by atomic mass is 9.70. The van der Waals surface area contributed by atoms with Crippen LogP contribution in [0.15, 0.2) is 73.8 Å². The molecule has 1 spiro atoms. The van der Waals surface area contributed by atoms with Crippen LogP contribution in [0.5, 0.6) is 11.5 Å². The Kier molecular flexibility index (Phi) is 11.3. The van der Waals surface area contributed by atoms with Gasteiger partial charge >= 0.3 is 0 Å². The van der Waals surface area contributed by atoms with Gasteiger partial charge in [-0.15, -0.1) is 24.9 Å². The number of hydrogen-bond acceptors (Lipinski definition) is 7. The van der Waals surface area contributed by atoms with Gasteiger partial charge in [0, 0.05) is 42.9 Å². The Morgan fingerprint density at radius 3 is 2.13 bits per heavy atom. The lowest BCUT2D eigenvalue weighted by molar-refractivity contribution is -0.139. The highest BCUT2D eigenvalue weighted by Gasteiger charge is 2.74. The van der Waals surface area contributed by atoms with Crippen molar-refractivity contribution in [2.75, 3.05) is 49.8 Å². The maximum absolute atomic E-state index is 14.8. The number of fused-ring (bicyclic) bond motifs is 1. The van der Waals surface area contributed by atoms with E-state index in [0.717, 1.165) is 30.7 Å². The van der Waals surface area contributed by atoms with Crippen LogP contribution in [0.3, 0.4) is 0 Å². The fourth-order valence-electron chi connectivity index (χ4n) is 7.58. The number of benzene rings is 2. The van der Waals surface area contributed by atoms with E-state index in [1.165, 1.54) is 0 Å². The monoisotopic (exact) mass is 661 g/mol. The summed E-state index contributed by atoms with van der Waals surface area (Å²) in [5.41, 5.74) is 1.42. The second-order valence-electron chi connectivity index (χ2n) is 12.3. The van der Waals surface area contributed by atoms with Crippen molar-refractivity contribution >= 4 is 40.9 Å². The first-order valence-electron chi connectivity index (χ1n) is 16.7. The van der Waals surface area contributed by atoms with Gasteiger partial charge in [0.15, 0.2) is 0 Å². The van der Waals surface area contributed by atoms with E-state index < -0.39 is 22.6 Å². The van der Waals surface area contributed by atoms with Crippen molar-refractivity contribution in [1.29, 1.82) is 0 Å². The molecule has 0 aromatic heterocycles. The zero-order valence-electron chi connectivity index (χ0n) is 27.5. The molecule has 2 unspecified atom stereocenters. The average Bonchev–Trinajstić information content (AvgIpc) is 3.73. The predicted octanol–water partition coefficient (Wildman–Crippen LogP) is 5.48. The second kappa shape index (κ2) is 15.4. The number of hydrogen-bond donors (Lipinski definition) is 1. The van der Waals surface area contributed by atoms with Crippen LogP contribution in [0.2, 0.25) is 0 Å². The third-order valence-electron chi connectivity index (χ3n) is 9.63. The molecule has 3 aliphatic rings. The van der Waals surface area contributed by atoms with Crippen molar-refractivity contribution in [1.82, 2.24) is 4.90 Å². The van der Waals surface area contributed by atoms with Crippen LogP contribution in [0.1, 0.15) is 45.4 Å². The molecule has 9 nitrogen and oxygen atoms in total. The van der Waals surface area contributed by atoms with Gasteiger partial charge in [0.25, 0.3) is 5.91 Å². The Labute approximate surface area is 282 Å². The molecule has 0 radical (unpaired) electrons. The van der Waals surface area contributed by atoms with Crippen molar-refractivity contribution < 1.29 is 29.0 Å². The predicted molar refractivity (Wildman–Crippen MR) is 187 cm³/mol. The van der Waals surface area contributed by atoms with E-state index in [2.05, 4.69) is 13.2 Å². The summed E-state index contributed by atoms with van der Waals surface area (Å²) in [7, 11) is 1.60. The highest BCUT2D eigenvalue weighted by molar-refractivity contribution is 8.02. The van der Waals surface area contributed by atoms with Crippen LogP contribution in [0.4, 0.5) is 11.4 Å². The lowest BCUT2D eigenvalue weighted by Crippen LogP contribution is -2.55. The van der Waals surface area contributed by atoms with Crippen molar-refractivity contribution in [2.24, 2.45) is 11.8 Å². The summed E-state index contributed by atoms with van der Waals surface area (Å²) in [5.74, 6) is -0.144. The zero-order valence-corrected chi connectivity index (χ0v) is 28.3. The number of likely N-dealkylation sites (tertiary alicyclic amines) is 1. The Bertz CT molecular complexity index is 1430. The van der Waals surface area contributed by atoms with Crippen LogP contribution in [-0.4, -0.2) is 83.7 Å². The topological polar surface area (TPSA) is 99.6 Å². The Hall–Kier alpha value is -3.76. The number of aliphatic hydroxyl groups excluding tert-OH is 1. The molecule has 0 saturated carbocycles. The van der Waals surface area contributed by atoms with E-state index in [4.69, 9.17) is 9.47 Å². The summed E-state index contributed by atoms with van der Waals surface area (Å²) in [4.78, 5) is 49.2. The molecule has 3 fully saturated rings. The smallest absolute Gasteiger partial charge is 0.251 e. The molecule has 3 saturated heterocycles. The van der Waals surface area contributed by atoms with Crippen LogP contribution < -0.4 is 19.3 Å². The number of aliphatic hydroxyl groups is 1. The molecular formula is C37H47N3O6S. The molecular weight excluding hydrogens is 614 g/mol. The fraction of sp³-hybridized carbons (Fsp3) is 0.486. The third-order valence-corrected chi connectivity index (χ3v) is 11.6. The summed E-state index contributed by atoms with van der Waals surface area (Å²) in [5, 5.41) is 9.20. The van der Waals surface area contributed by atoms with Crippen molar-refractivity contribution in [2.45, 2.75) is 61.5 Å². The van der Waals surface area contributed by atoms with E-state index in [1.54, 1.807) is 45.7 Å². The van der Waals surface area contributed by atoms with E-state index in [0.29, 0.717) is 50.4 Å². The molecule has 2 aromatic carbocycles. The van der Waals surface area contributed by atoms with E-state index in [9.17, 15) is 19.5 Å². The first kappa shape index (κ1) is 34.6. The number of nitrogens with zero attached hydrogens (tertiary/aromatic N) is 3. The number of anilines is 2. The summed E-state index contributed by atoms with van der Waals surface area (Å²) < 4.78 is 10.2. The molecule has 5 rings (SSSR count). The van der Waals surface area contributed by atoms with Crippen molar-refractivity contribution in [3.05, 3.63) is 73.8 Å². The number of thioether (sulfide) groups is 1. The number of rotatable bonds is 17. The third kappa shape index (κ3) is 6.67. The van der Waals surface area contributed by atoms with Gasteiger partial charge in [0.05, 0.1) is 30.3 Å². The van der Waals surface area contributed by atoms with Crippen LogP contribution in [0.25, 0.3) is 0 Å². The van der Waals surface area contributed by atoms with E-state index in [-0.39, 0.29) is 36.1 Å². The van der Waals surface area contributed by atoms with Gasteiger partial charge in [0.1, 0.15) is 17.5 Å². The number of methoxy groups -OCH3 is 1. The minimum atomic E-state index is -0.717. The first-order valence-corrected chi connectivity index (χ1v) is 17.5. The van der Waals surface area contributed by atoms with E-state index in [1.807, 2.05) is 55.5 Å². The number of amides is 3. The van der Waals surface area contributed by atoms with Gasteiger partial charge in [-0.2, -0.15) is 0 Å². The molecule has 3 heterocycles. The molecule has 3 aliphatic heterocycles. The average molecular weight is 662 g/mol. The molecule has 10 heteroatoms. The summed E-state index contributed by atoms with van der Waals surface area (Å²) >= 11 is 1.67. The Morgan fingerprint density at radius 1 is 0.957 bits per heavy atom. The van der Waals surface area contributed by atoms with Gasteiger partial charge in [0.2, 0.25) is 11.8 Å². The Balaban J connectivity index is 1.50. The molecule has 1 N–H and O–H groups in total. The highest BCUT2D eigenvalue weighted by Crippen LogP contribution is 2.67. The second-order valence-corrected chi connectivity index (χ2v) is 13.9.